The van der Waals surface area contributed by atoms with Crippen LogP contribution in [0.25, 0.3) is 0 Å². The molecule has 3 saturated heterocycles. The monoisotopic (exact) mass is 440 g/mol. The third kappa shape index (κ3) is 3.48. The van der Waals surface area contributed by atoms with Gasteiger partial charge in [-0.15, -0.1) is 0 Å². The number of hydrogen-bond acceptors (Lipinski definition) is 7. The van der Waals surface area contributed by atoms with Crippen LogP contribution in [0.15, 0.2) is 18.2 Å². The highest BCUT2D eigenvalue weighted by atomic mass is 16.2. The molecule has 0 spiro atoms. The SMILES string of the molecule is NC(=O)C1(N2CCN(Cc3ccc4c(c3)C(=O)N(C3CCC(=O)NC3=O)C4)CC2)CNC1. The lowest BCUT2D eigenvalue weighted by molar-refractivity contribution is -0.137. The lowest BCUT2D eigenvalue weighted by Gasteiger charge is -2.51. The molecular weight excluding hydrogens is 412 g/mol. The molecule has 0 bridgehead atoms. The molecule has 4 heterocycles. The number of rotatable bonds is 5. The fourth-order valence-corrected chi connectivity index (χ4v) is 5.21. The molecule has 1 unspecified atom stereocenters. The van der Waals surface area contributed by atoms with Gasteiger partial charge in [-0.3, -0.25) is 34.3 Å². The van der Waals surface area contributed by atoms with Crippen LogP contribution in [0.4, 0.5) is 0 Å². The molecule has 4 amide bonds. The van der Waals surface area contributed by atoms with Crippen molar-refractivity contribution in [3.05, 3.63) is 34.9 Å². The molecule has 3 fully saturated rings. The molecule has 32 heavy (non-hydrogen) atoms. The van der Waals surface area contributed by atoms with Gasteiger partial charge >= 0.3 is 0 Å². The number of nitrogens with zero attached hydrogens (tertiary/aromatic N) is 3. The molecule has 4 aliphatic rings. The van der Waals surface area contributed by atoms with Gasteiger partial charge in [-0.1, -0.05) is 12.1 Å². The number of piperidine rings is 1. The van der Waals surface area contributed by atoms with Crippen molar-refractivity contribution in [2.75, 3.05) is 39.3 Å². The van der Waals surface area contributed by atoms with Gasteiger partial charge in [-0.2, -0.15) is 0 Å². The molecule has 4 aliphatic heterocycles. The van der Waals surface area contributed by atoms with E-state index >= 15 is 0 Å². The lowest BCUT2D eigenvalue weighted by Crippen LogP contribution is -2.76. The second-order valence-corrected chi connectivity index (χ2v) is 9.15. The Morgan fingerprint density at radius 2 is 1.88 bits per heavy atom. The predicted octanol–water partition coefficient (Wildman–Crippen LogP) is -1.61. The van der Waals surface area contributed by atoms with E-state index in [1.54, 1.807) is 4.90 Å². The zero-order valence-corrected chi connectivity index (χ0v) is 17.9. The van der Waals surface area contributed by atoms with E-state index in [0.717, 1.165) is 37.3 Å². The van der Waals surface area contributed by atoms with Crippen molar-refractivity contribution in [3.63, 3.8) is 0 Å². The first-order valence-corrected chi connectivity index (χ1v) is 11.1. The maximum absolute atomic E-state index is 13.0. The van der Waals surface area contributed by atoms with E-state index in [-0.39, 0.29) is 24.1 Å². The maximum Gasteiger partial charge on any atom is 0.255 e. The van der Waals surface area contributed by atoms with Crippen molar-refractivity contribution in [1.82, 2.24) is 25.3 Å². The number of primary amides is 1. The Bertz CT molecular complexity index is 983. The Balaban J connectivity index is 1.22. The van der Waals surface area contributed by atoms with Crippen LogP contribution in [-0.2, 0) is 27.5 Å². The largest absolute Gasteiger partial charge is 0.368 e. The highest BCUT2D eigenvalue weighted by Crippen LogP contribution is 2.29. The summed E-state index contributed by atoms with van der Waals surface area (Å²) in [6.45, 7) is 5.52. The fraction of sp³-hybridized carbons (Fsp3) is 0.545. The summed E-state index contributed by atoms with van der Waals surface area (Å²) in [6, 6.07) is 5.33. The Morgan fingerprint density at radius 1 is 1.12 bits per heavy atom. The number of benzene rings is 1. The summed E-state index contributed by atoms with van der Waals surface area (Å²) >= 11 is 0. The van der Waals surface area contributed by atoms with Gasteiger partial charge in [0.05, 0.1) is 0 Å². The van der Waals surface area contributed by atoms with E-state index in [0.29, 0.717) is 38.2 Å². The molecule has 10 nitrogen and oxygen atoms in total. The van der Waals surface area contributed by atoms with Crippen molar-refractivity contribution >= 4 is 23.6 Å². The predicted molar refractivity (Wildman–Crippen MR) is 114 cm³/mol. The van der Waals surface area contributed by atoms with Crippen LogP contribution >= 0.6 is 0 Å². The topological polar surface area (TPSA) is 128 Å². The van der Waals surface area contributed by atoms with Crippen LogP contribution in [0.3, 0.4) is 0 Å². The van der Waals surface area contributed by atoms with E-state index in [4.69, 9.17) is 5.73 Å². The van der Waals surface area contributed by atoms with Gasteiger partial charge in [0, 0.05) is 64.3 Å². The van der Waals surface area contributed by atoms with E-state index in [1.165, 1.54) is 0 Å². The molecular formula is C22H28N6O4. The number of fused-ring (bicyclic) bond motifs is 1. The first kappa shape index (κ1) is 21.0. The average Bonchev–Trinajstić information content (AvgIpc) is 3.04. The summed E-state index contributed by atoms with van der Waals surface area (Å²) in [5.74, 6) is -1.09. The second-order valence-electron chi connectivity index (χ2n) is 9.15. The van der Waals surface area contributed by atoms with Gasteiger partial charge in [0.1, 0.15) is 11.6 Å². The van der Waals surface area contributed by atoms with Crippen molar-refractivity contribution in [3.8, 4) is 0 Å². The Labute approximate surface area is 186 Å². The minimum absolute atomic E-state index is 0.151. The molecule has 1 atom stereocenters. The molecule has 4 N–H and O–H groups in total. The molecule has 5 rings (SSSR count). The van der Waals surface area contributed by atoms with Crippen LogP contribution in [0, 0.1) is 0 Å². The minimum atomic E-state index is -0.595. The summed E-state index contributed by atoms with van der Waals surface area (Å²) in [5, 5.41) is 5.49. The molecule has 0 radical (unpaired) electrons. The number of nitrogens with two attached hydrogens (primary N) is 1. The van der Waals surface area contributed by atoms with Crippen LogP contribution in [0.1, 0.15) is 34.3 Å². The third-order valence-corrected chi connectivity index (χ3v) is 7.27. The quantitative estimate of drug-likeness (QED) is 0.470. The number of hydrogen-bond donors (Lipinski definition) is 3. The van der Waals surface area contributed by atoms with E-state index < -0.39 is 17.5 Å². The second kappa shape index (κ2) is 7.95. The van der Waals surface area contributed by atoms with E-state index in [1.807, 2.05) is 18.2 Å². The minimum Gasteiger partial charge on any atom is -0.368 e. The van der Waals surface area contributed by atoms with Gasteiger partial charge in [0.2, 0.25) is 17.7 Å². The lowest BCUT2D eigenvalue weighted by atomic mass is 9.88. The summed E-state index contributed by atoms with van der Waals surface area (Å²) in [4.78, 5) is 54.7. The number of carbonyl (C=O) groups is 4. The highest BCUT2D eigenvalue weighted by molar-refractivity contribution is 6.05. The summed E-state index contributed by atoms with van der Waals surface area (Å²) in [5.41, 5.74) is 7.70. The zero-order valence-electron chi connectivity index (χ0n) is 17.9. The van der Waals surface area contributed by atoms with E-state index in [2.05, 4.69) is 20.4 Å². The van der Waals surface area contributed by atoms with Crippen LogP contribution in [0.5, 0.6) is 0 Å². The third-order valence-electron chi connectivity index (χ3n) is 7.27. The standard InChI is InChI=1S/C22H28N6O4/c23-21(32)22(12-24-13-22)27-7-5-26(6-8-27)10-14-1-2-15-11-28(20(31)16(15)9-14)17-3-4-18(29)25-19(17)30/h1-2,9,17,24H,3-8,10-13H2,(H2,23,32)(H,25,29,30). The number of piperazine rings is 1. The van der Waals surface area contributed by atoms with Crippen LogP contribution < -0.4 is 16.4 Å². The Kier molecular flexibility index (Phi) is 5.23. The molecule has 1 aromatic carbocycles. The summed E-state index contributed by atoms with van der Waals surface area (Å²) < 4.78 is 0. The molecule has 1 aromatic rings. The summed E-state index contributed by atoms with van der Waals surface area (Å²) in [7, 11) is 0. The van der Waals surface area contributed by atoms with Gasteiger partial charge in [0.25, 0.3) is 5.91 Å². The van der Waals surface area contributed by atoms with Crippen molar-refractivity contribution in [1.29, 1.82) is 0 Å². The van der Waals surface area contributed by atoms with Gasteiger partial charge in [-0.05, 0) is 23.6 Å². The van der Waals surface area contributed by atoms with Gasteiger partial charge in [-0.25, -0.2) is 0 Å². The highest BCUT2D eigenvalue weighted by Gasteiger charge is 2.48. The van der Waals surface area contributed by atoms with Crippen molar-refractivity contribution < 1.29 is 19.2 Å². The normalized spacial score (nSPS) is 25.9. The van der Waals surface area contributed by atoms with Crippen LogP contribution in [0.2, 0.25) is 0 Å². The zero-order chi connectivity index (χ0) is 22.5. The molecule has 0 saturated carbocycles. The Hall–Kier alpha value is -2.82. The van der Waals surface area contributed by atoms with Crippen LogP contribution in [-0.4, -0.2) is 89.2 Å². The first-order chi connectivity index (χ1) is 15.4. The number of carbonyl (C=O) groups excluding carboxylic acids is 4. The first-order valence-electron chi connectivity index (χ1n) is 11.1. The summed E-state index contributed by atoms with van der Waals surface area (Å²) in [6.07, 6.45) is 0.616. The molecule has 170 valence electrons. The van der Waals surface area contributed by atoms with Crippen molar-refractivity contribution in [2.24, 2.45) is 5.73 Å². The Morgan fingerprint density at radius 3 is 2.50 bits per heavy atom. The average molecular weight is 441 g/mol. The smallest absolute Gasteiger partial charge is 0.255 e. The van der Waals surface area contributed by atoms with Gasteiger partial charge < -0.3 is 16.0 Å². The number of imide groups is 1. The molecule has 0 aliphatic carbocycles. The fourth-order valence-electron chi connectivity index (χ4n) is 5.21. The van der Waals surface area contributed by atoms with Gasteiger partial charge in [0.15, 0.2) is 0 Å². The van der Waals surface area contributed by atoms with Crippen molar-refractivity contribution in [2.45, 2.75) is 37.5 Å². The number of amides is 4. The molecule has 10 heteroatoms. The molecule has 0 aromatic heterocycles. The van der Waals surface area contributed by atoms with E-state index in [9.17, 15) is 19.2 Å². The maximum atomic E-state index is 13.0. The number of nitrogens with one attached hydrogen (secondary N) is 2.